The number of amides is 2. The Morgan fingerprint density at radius 1 is 1.07 bits per heavy atom. The topological polar surface area (TPSA) is 105 Å². The highest BCUT2D eigenvalue weighted by molar-refractivity contribution is 7.89. The van der Waals surface area contributed by atoms with Gasteiger partial charge in [0.25, 0.3) is 5.91 Å². The Balaban J connectivity index is 2.17. The number of hydrogen-bond donors (Lipinski definition) is 2. The van der Waals surface area contributed by atoms with Crippen LogP contribution in [0.25, 0.3) is 0 Å². The van der Waals surface area contributed by atoms with Gasteiger partial charge in [-0.1, -0.05) is 12.1 Å². The number of ether oxygens (including phenoxy) is 1. The molecule has 0 bridgehead atoms. The predicted octanol–water partition coefficient (Wildman–Crippen LogP) is 2.26. The smallest absolute Gasteiger partial charge is 0.255 e. The molecule has 30 heavy (non-hydrogen) atoms. The van der Waals surface area contributed by atoms with Crippen molar-refractivity contribution in [3.05, 3.63) is 53.6 Å². The summed E-state index contributed by atoms with van der Waals surface area (Å²) in [6, 6.07) is 11.2. The molecule has 0 unspecified atom stereocenters. The molecule has 0 spiro atoms. The highest BCUT2D eigenvalue weighted by Crippen LogP contribution is 2.27. The minimum Gasteiger partial charge on any atom is -0.495 e. The molecule has 0 aliphatic heterocycles. The van der Waals surface area contributed by atoms with Crippen molar-refractivity contribution >= 4 is 27.5 Å². The number of carbonyl (C=O) groups is 2. The summed E-state index contributed by atoms with van der Waals surface area (Å²) in [6.45, 7) is 3.79. The van der Waals surface area contributed by atoms with E-state index in [9.17, 15) is 18.0 Å². The van der Waals surface area contributed by atoms with Crippen molar-refractivity contribution in [3.63, 3.8) is 0 Å². The second-order valence-electron chi connectivity index (χ2n) is 7.20. The molecule has 0 fully saturated rings. The van der Waals surface area contributed by atoms with Crippen LogP contribution in [0.15, 0.2) is 47.4 Å². The summed E-state index contributed by atoms with van der Waals surface area (Å²) in [5, 5.41) is 5.55. The van der Waals surface area contributed by atoms with Gasteiger partial charge in [0.15, 0.2) is 0 Å². The first-order chi connectivity index (χ1) is 14.0. The molecule has 9 heteroatoms. The molecule has 162 valence electrons. The molecule has 2 aromatic carbocycles. The average molecular weight is 434 g/mol. The summed E-state index contributed by atoms with van der Waals surface area (Å²) in [5.41, 5.74) is 1.52. The summed E-state index contributed by atoms with van der Waals surface area (Å²) >= 11 is 0. The largest absolute Gasteiger partial charge is 0.495 e. The molecule has 0 saturated carbocycles. The molecule has 2 N–H and O–H groups in total. The number of benzene rings is 2. The Morgan fingerprint density at radius 2 is 1.70 bits per heavy atom. The number of anilines is 1. The van der Waals surface area contributed by atoms with Gasteiger partial charge in [-0.2, -0.15) is 0 Å². The maximum atomic E-state index is 12.6. The van der Waals surface area contributed by atoms with E-state index in [2.05, 4.69) is 10.6 Å². The third kappa shape index (κ3) is 5.80. The molecule has 0 atom stereocenters. The van der Waals surface area contributed by atoms with Gasteiger partial charge < -0.3 is 15.4 Å². The Morgan fingerprint density at radius 3 is 2.23 bits per heavy atom. The van der Waals surface area contributed by atoms with Gasteiger partial charge in [0.2, 0.25) is 15.9 Å². The number of carbonyl (C=O) groups excluding carboxylic acids is 2. The van der Waals surface area contributed by atoms with Crippen molar-refractivity contribution in [1.29, 1.82) is 0 Å². The van der Waals surface area contributed by atoms with E-state index in [0.29, 0.717) is 5.69 Å². The standard InChI is InChI=1S/C21H27N3O5S/c1-14(2)22-20(25)12-15-6-9-17(10-7-15)23-21(26)16-8-11-18(29-5)19(13-16)30(27,28)24(3)4/h6-11,13-14H,12H2,1-5H3,(H,22,25)(H,23,26). The van der Waals surface area contributed by atoms with E-state index in [-0.39, 0.29) is 34.6 Å². The Bertz CT molecular complexity index is 1020. The van der Waals surface area contributed by atoms with Crippen LogP contribution in [0, 0.1) is 0 Å². The van der Waals surface area contributed by atoms with Crippen LogP contribution in [0.5, 0.6) is 5.75 Å². The normalized spacial score (nSPS) is 11.4. The van der Waals surface area contributed by atoms with E-state index in [1.807, 2.05) is 13.8 Å². The molecule has 0 saturated heterocycles. The Kier molecular flexibility index (Phi) is 7.58. The minimum atomic E-state index is -3.78. The fourth-order valence-electron chi connectivity index (χ4n) is 2.68. The second-order valence-corrected chi connectivity index (χ2v) is 9.32. The summed E-state index contributed by atoms with van der Waals surface area (Å²) in [6.07, 6.45) is 0.247. The van der Waals surface area contributed by atoms with E-state index in [1.165, 1.54) is 39.4 Å². The quantitative estimate of drug-likeness (QED) is 0.664. The van der Waals surface area contributed by atoms with Gasteiger partial charge in [0.05, 0.1) is 13.5 Å². The molecule has 0 aromatic heterocycles. The van der Waals surface area contributed by atoms with Crippen LogP contribution in [0.1, 0.15) is 29.8 Å². The summed E-state index contributed by atoms with van der Waals surface area (Å²) < 4.78 is 31.2. The third-order valence-corrected chi connectivity index (χ3v) is 6.05. The maximum Gasteiger partial charge on any atom is 0.255 e. The van der Waals surface area contributed by atoms with Gasteiger partial charge in [-0.25, -0.2) is 12.7 Å². The molecule has 2 aromatic rings. The highest BCUT2D eigenvalue weighted by atomic mass is 32.2. The van der Waals surface area contributed by atoms with Gasteiger partial charge in [-0.05, 0) is 49.7 Å². The zero-order chi connectivity index (χ0) is 22.5. The minimum absolute atomic E-state index is 0.0711. The Hall–Kier alpha value is -2.91. The van der Waals surface area contributed by atoms with Crippen molar-refractivity contribution in [2.75, 3.05) is 26.5 Å². The Labute approximate surface area is 177 Å². The monoisotopic (exact) mass is 433 g/mol. The highest BCUT2D eigenvalue weighted by Gasteiger charge is 2.24. The molecular formula is C21H27N3O5S. The van der Waals surface area contributed by atoms with E-state index in [1.54, 1.807) is 24.3 Å². The van der Waals surface area contributed by atoms with Crippen molar-refractivity contribution in [1.82, 2.24) is 9.62 Å². The number of nitrogens with one attached hydrogen (secondary N) is 2. The van der Waals surface area contributed by atoms with Crippen LogP contribution in [0.3, 0.4) is 0 Å². The second kappa shape index (κ2) is 9.73. The van der Waals surface area contributed by atoms with E-state index in [0.717, 1.165) is 9.87 Å². The van der Waals surface area contributed by atoms with Crippen LogP contribution in [0.4, 0.5) is 5.69 Å². The fraction of sp³-hybridized carbons (Fsp3) is 0.333. The van der Waals surface area contributed by atoms with Gasteiger partial charge >= 0.3 is 0 Å². The van der Waals surface area contributed by atoms with Crippen LogP contribution < -0.4 is 15.4 Å². The number of methoxy groups -OCH3 is 1. The number of hydrogen-bond acceptors (Lipinski definition) is 5. The number of rotatable bonds is 8. The molecule has 0 heterocycles. The zero-order valence-electron chi connectivity index (χ0n) is 17.7. The first-order valence-electron chi connectivity index (χ1n) is 9.34. The summed E-state index contributed by atoms with van der Waals surface area (Å²) in [7, 11) is 0.398. The zero-order valence-corrected chi connectivity index (χ0v) is 18.5. The number of nitrogens with zero attached hydrogens (tertiary/aromatic N) is 1. The molecule has 0 aliphatic carbocycles. The average Bonchev–Trinajstić information content (AvgIpc) is 2.68. The molecular weight excluding hydrogens is 406 g/mol. The van der Waals surface area contributed by atoms with Gasteiger partial charge in [-0.15, -0.1) is 0 Å². The lowest BCUT2D eigenvalue weighted by molar-refractivity contribution is -0.120. The summed E-state index contributed by atoms with van der Waals surface area (Å²) in [5.74, 6) is -0.378. The molecule has 2 amide bonds. The van der Waals surface area contributed by atoms with Crippen molar-refractivity contribution < 1.29 is 22.7 Å². The lowest BCUT2D eigenvalue weighted by atomic mass is 10.1. The molecule has 2 rings (SSSR count). The van der Waals surface area contributed by atoms with E-state index < -0.39 is 15.9 Å². The van der Waals surface area contributed by atoms with Crippen LogP contribution in [-0.2, 0) is 21.2 Å². The molecule has 0 aliphatic rings. The van der Waals surface area contributed by atoms with Gasteiger partial charge in [0, 0.05) is 31.4 Å². The van der Waals surface area contributed by atoms with Crippen molar-refractivity contribution in [2.24, 2.45) is 0 Å². The first kappa shape index (κ1) is 23.4. The van der Waals surface area contributed by atoms with Gasteiger partial charge in [0.1, 0.15) is 10.6 Å². The lowest BCUT2D eigenvalue weighted by Gasteiger charge is -2.15. The van der Waals surface area contributed by atoms with Crippen LogP contribution in [0.2, 0.25) is 0 Å². The van der Waals surface area contributed by atoms with Crippen LogP contribution >= 0.6 is 0 Å². The van der Waals surface area contributed by atoms with Crippen LogP contribution in [-0.4, -0.2) is 51.8 Å². The first-order valence-corrected chi connectivity index (χ1v) is 10.8. The van der Waals surface area contributed by atoms with Crippen molar-refractivity contribution in [2.45, 2.75) is 31.2 Å². The predicted molar refractivity (Wildman–Crippen MR) is 115 cm³/mol. The molecule has 8 nitrogen and oxygen atoms in total. The van der Waals surface area contributed by atoms with Gasteiger partial charge in [-0.3, -0.25) is 9.59 Å². The molecule has 0 radical (unpaired) electrons. The van der Waals surface area contributed by atoms with E-state index >= 15 is 0 Å². The van der Waals surface area contributed by atoms with Crippen molar-refractivity contribution in [3.8, 4) is 5.75 Å². The lowest BCUT2D eigenvalue weighted by Crippen LogP contribution is -2.31. The van der Waals surface area contributed by atoms with E-state index in [4.69, 9.17) is 4.74 Å². The third-order valence-electron chi connectivity index (χ3n) is 4.21. The SMILES string of the molecule is COc1ccc(C(=O)Nc2ccc(CC(=O)NC(C)C)cc2)cc1S(=O)(=O)N(C)C. The maximum absolute atomic E-state index is 12.6. The number of sulfonamides is 1. The summed E-state index contributed by atoms with van der Waals surface area (Å²) in [4.78, 5) is 24.4. The fourth-order valence-corrected chi connectivity index (χ4v) is 3.76.